The van der Waals surface area contributed by atoms with E-state index in [2.05, 4.69) is 0 Å². The van der Waals surface area contributed by atoms with E-state index in [1.165, 1.54) is 0 Å². The molecule has 0 amide bonds. The van der Waals surface area contributed by atoms with Gasteiger partial charge in [0, 0.05) is 18.9 Å². The molecule has 0 atom stereocenters. The van der Waals surface area contributed by atoms with Crippen LogP contribution in [0.3, 0.4) is 0 Å². The minimum absolute atomic E-state index is 0. The van der Waals surface area contributed by atoms with Crippen LogP contribution in [-0.4, -0.2) is 25.0 Å². The smallest absolute Gasteiger partial charge is 0.196 e. The molecule has 0 N–H and O–H groups in total. The fraction of sp³-hybridized carbons (Fsp3) is 0.333. The summed E-state index contributed by atoms with van der Waals surface area (Å²) < 4.78 is 64.8. The zero-order chi connectivity index (χ0) is 7.65. The van der Waals surface area contributed by atoms with E-state index in [0.717, 1.165) is 0 Å². The van der Waals surface area contributed by atoms with Gasteiger partial charge >= 0.3 is 12.3 Å². The first kappa shape index (κ1) is 12.6. The second kappa shape index (κ2) is 3.94. The van der Waals surface area contributed by atoms with Gasteiger partial charge in [-0.1, -0.05) is 0 Å². The summed E-state index contributed by atoms with van der Waals surface area (Å²) in [6.07, 6.45) is -8.90. The van der Waals surface area contributed by atoms with Gasteiger partial charge in [-0.05, 0) is 0 Å². The Kier molecular flexibility index (Phi) is 4.95. The van der Waals surface area contributed by atoms with Crippen LogP contribution < -0.4 is 0 Å². The fourth-order valence-electron chi connectivity index (χ4n) is 0.107. The molecule has 0 saturated carbocycles. The molecule has 0 aliphatic heterocycles. The van der Waals surface area contributed by atoms with Crippen molar-refractivity contribution in [3.8, 4) is 0 Å². The minimum Gasteiger partial charge on any atom is -0.196 e. The topological polar surface area (TPSA) is 0 Å². The molecule has 10 heavy (non-hydrogen) atoms. The third kappa shape index (κ3) is 3.85. The number of rotatable bonds is 0. The molecule has 7 heteroatoms. The molecule has 0 unspecified atom stereocenters. The maximum Gasteiger partial charge on any atom is 0.448 e. The van der Waals surface area contributed by atoms with Crippen molar-refractivity contribution in [2.75, 3.05) is 0 Å². The van der Waals surface area contributed by atoms with Gasteiger partial charge in [0.05, 0.1) is 0 Å². The molecule has 0 heterocycles. The summed E-state index contributed by atoms with van der Waals surface area (Å²) in [4.78, 5) is 0. The molecule has 0 aliphatic carbocycles. The van der Waals surface area contributed by atoms with Crippen molar-refractivity contribution in [2.24, 2.45) is 0 Å². The van der Waals surface area contributed by atoms with Crippen molar-refractivity contribution >= 4 is 18.9 Å². The SMILES string of the molecule is FC(F)=C(F)C(F)(F)F.[Li]. The molecular formula is C3F6Li. The maximum atomic E-state index is 11.0. The van der Waals surface area contributed by atoms with Gasteiger partial charge in [0.15, 0.2) is 0 Å². The third-order valence-corrected chi connectivity index (χ3v) is 0.415. The van der Waals surface area contributed by atoms with E-state index < -0.39 is 18.1 Å². The normalized spacial score (nSPS) is 10.2. The van der Waals surface area contributed by atoms with Crippen LogP contribution in [0.2, 0.25) is 0 Å². The summed E-state index contributed by atoms with van der Waals surface area (Å²) >= 11 is 0. The monoisotopic (exact) mass is 157 g/mol. The minimum atomic E-state index is -5.56. The van der Waals surface area contributed by atoms with Crippen molar-refractivity contribution in [3.05, 3.63) is 11.9 Å². The Morgan fingerprint density at radius 1 is 0.900 bits per heavy atom. The Bertz CT molecular complexity index is 130. The molecule has 0 aromatic rings. The molecule has 0 aromatic carbocycles. The van der Waals surface area contributed by atoms with Crippen molar-refractivity contribution in [3.63, 3.8) is 0 Å². The van der Waals surface area contributed by atoms with Crippen LogP contribution in [0.1, 0.15) is 0 Å². The van der Waals surface area contributed by atoms with Gasteiger partial charge in [0.1, 0.15) is 0 Å². The van der Waals surface area contributed by atoms with Crippen LogP contribution >= 0.6 is 0 Å². The van der Waals surface area contributed by atoms with Crippen LogP contribution in [-0.2, 0) is 0 Å². The average Bonchev–Trinajstić information content (AvgIpc) is 1.62. The van der Waals surface area contributed by atoms with Crippen LogP contribution in [0.15, 0.2) is 11.9 Å². The van der Waals surface area contributed by atoms with E-state index in [1.54, 1.807) is 0 Å². The van der Waals surface area contributed by atoms with Gasteiger partial charge in [0.2, 0.25) is 0 Å². The predicted octanol–water partition coefficient (Wildman–Crippen LogP) is 2.25. The molecule has 0 saturated heterocycles. The molecule has 1 radical (unpaired) electrons. The first-order valence-corrected chi connectivity index (χ1v) is 1.63. The van der Waals surface area contributed by atoms with Crippen LogP contribution in [0, 0.1) is 0 Å². The number of allylic oxidation sites excluding steroid dienone is 1. The largest absolute Gasteiger partial charge is 0.448 e. The van der Waals surface area contributed by atoms with E-state index in [1.807, 2.05) is 0 Å². The van der Waals surface area contributed by atoms with E-state index in [4.69, 9.17) is 0 Å². The Balaban J connectivity index is 0. The van der Waals surface area contributed by atoms with Crippen molar-refractivity contribution in [1.82, 2.24) is 0 Å². The quantitative estimate of drug-likeness (QED) is 0.373. The first-order chi connectivity index (χ1) is 3.85. The van der Waals surface area contributed by atoms with Crippen molar-refractivity contribution < 1.29 is 26.3 Å². The zero-order valence-corrected chi connectivity index (χ0v) is 4.77. The molecule has 0 fully saturated rings. The van der Waals surface area contributed by atoms with E-state index in [0.29, 0.717) is 0 Å². The summed E-state index contributed by atoms with van der Waals surface area (Å²) in [5.74, 6) is -3.33. The molecule has 0 nitrogen and oxygen atoms in total. The van der Waals surface area contributed by atoms with Crippen LogP contribution in [0.5, 0.6) is 0 Å². The van der Waals surface area contributed by atoms with Gasteiger partial charge in [-0.25, -0.2) is 0 Å². The molecule has 0 bridgehead atoms. The number of alkyl halides is 3. The molecule has 55 valence electrons. The Morgan fingerprint density at radius 2 is 1.20 bits per heavy atom. The van der Waals surface area contributed by atoms with Crippen LogP contribution in [0.4, 0.5) is 26.3 Å². The summed E-state index contributed by atoms with van der Waals surface area (Å²) in [7, 11) is 0. The molecular weight excluding hydrogens is 157 g/mol. The Hall–Kier alpha value is -0.0826. The summed E-state index contributed by atoms with van der Waals surface area (Å²) in [6.45, 7) is 0. The van der Waals surface area contributed by atoms with E-state index in [9.17, 15) is 26.3 Å². The van der Waals surface area contributed by atoms with E-state index >= 15 is 0 Å². The molecule has 0 rings (SSSR count). The standard InChI is InChI=1S/C3F6.Li/c4-1(2(5)6)3(7,8)9;. The second-order valence-corrected chi connectivity index (χ2v) is 1.07. The molecule has 0 aromatic heterocycles. The van der Waals surface area contributed by atoms with Gasteiger partial charge in [0.25, 0.3) is 5.83 Å². The molecule has 0 spiro atoms. The second-order valence-electron chi connectivity index (χ2n) is 1.07. The molecule has 0 aliphatic rings. The fourth-order valence-corrected chi connectivity index (χ4v) is 0.107. The zero-order valence-electron chi connectivity index (χ0n) is 4.77. The van der Waals surface area contributed by atoms with E-state index in [-0.39, 0.29) is 18.9 Å². The summed E-state index contributed by atoms with van der Waals surface area (Å²) in [5, 5.41) is 0. The first-order valence-electron chi connectivity index (χ1n) is 1.63. The Labute approximate surface area is 64.1 Å². The summed E-state index contributed by atoms with van der Waals surface area (Å²) in [5.41, 5.74) is 0. The van der Waals surface area contributed by atoms with Gasteiger partial charge in [-0.3, -0.25) is 0 Å². The number of hydrogen-bond donors (Lipinski definition) is 0. The third-order valence-electron chi connectivity index (χ3n) is 0.415. The van der Waals surface area contributed by atoms with Gasteiger partial charge < -0.3 is 0 Å². The van der Waals surface area contributed by atoms with Gasteiger partial charge in [-0.15, -0.1) is 0 Å². The van der Waals surface area contributed by atoms with Crippen molar-refractivity contribution in [1.29, 1.82) is 0 Å². The number of hydrogen-bond acceptors (Lipinski definition) is 0. The number of halogens is 6. The average molecular weight is 157 g/mol. The van der Waals surface area contributed by atoms with Crippen LogP contribution in [0.25, 0.3) is 0 Å². The predicted molar refractivity (Wildman–Crippen MR) is 22.2 cm³/mol. The van der Waals surface area contributed by atoms with Crippen molar-refractivity contribution in [2.45, 2.75) is 6.18 Å². The summed E-state index contributed by atoms with van der Waals surface area (Å²) in [6, 6.07) is 0. The Morgan fingerprint density at radius 3 is 1.20 bits per heavy atom. The van der Waals surface area contributed by atoms with Gasteiger partial charge in [-0.2, -0.15) is 26.3 Å². The maximum absolute atomic E-state index is 11.0.